The second-order valence-corrected chi connectivity index (χ2v) is 9.22. The van der Waals surface area contributed by atoms with Crippen molar-refractivity contribution in [1.29, 1.82) is 0 Å². The highest BCUT2D eigenvalue weighted by Gasteiger charge is 2.28. The SMILES string of the molecule is O=C(NCc1n[nH]c2ccc(Cl)cc12)C1CCN(Cc2ccc(Cn3ccccc3=O)cc2)C1. The summed E-state index contributed by atoms with van der Waals surface area (Å²) < 4.78 is 1.69. The molecule has 2 aromatic carbocycles. The fourth-order valence-corrected chi connectivity index (χ4v) is 4.65. The maximum absolute atomic E-state index is 12.8. The number of pyridine rings is 1. The fraction of sp³-hybridized carbons (Fsp3) is 0.269. The quantitative estimate of drug-likeness (QED) is 0.428. The molecule has 0 spiro atoms. The summed E-state index contributed by atoms with van der Waals surface area (Å²) in [4.78, 5) is 27.0. The van der Waals surface area contributed by atoms with Crippen LogP contribution >= 0.6 is 11.6 Å². The molecule has 8 heteroatoms. The van der Waals surface area contributed by atoms with Crippen LogP contribution in [0.15, 0.2) is 71.7 Å². The van der Waals surface area contributed by atoms with E-state index < -0.39 is 0 Å². The van der Waals surface area contributed by atoms with Gasteiger partial charge in [0.05, 0.1) is 30.2 Å². The molecular formula is C26H26ClN5O2. The van der Waals surface area contributed by atoms with Gasteiger partial charge in [-0.3, -0.25) is 19.6 Å². The number of halogens is 1. The zero-order valence-electron chi connectivity index (χ0n) is 18.7. The van der Waals surface area contributed by atoms with E-state index in [-0.39, 0.29) is 17.4 Å². The number of likely N-dealkylation sites (tertiary alicyclic amines) is 1. The molecule has 1 unspecified atom stereocenters. The summed E-state index contributed by atoms with van der Waals surface area (Å²) in [5.41, 5.74) is 3.98. The molecule has 2 aromatic heterocycles. The van der Waals surface area contributed by atoms with Crippen LogP contribution in [0.4, 0.5) is 0 Å². The minimum atomic E-state index is -0.0296. The summed E-state index contributed by atoms with van der Waals surface area (Å²) in [5.74, 6) is 0.0300. The van der Waals surface area contributed by atoms with E-state index in [2.05, 4.69) is 44.7 Å². The summed E-state index contributed by atoms with van der Waals surface area (Å²) in [6.45, 7) is 3.36. The Hall–Kier alpha value is -3.42. The number of aromatic amines is 1. The number of nitrogens with zero attached hydrogens (tertiary/aromatic N) is 3. The van der Waals surface area contributed by atoms with E-state index in [1.165, 1.54) is 5.56 Å². The molecule has 0 aliphatic carbocycles. The first-order valence-electron chi connectivity index (χ1n) is 11.4. The zero-order valence-corrected chi connectivity index (χ0v) is 19.5. The first-order valence-corrected chi connectivity index (χ1v) is 11.8. The molecule has 1 aliphatic rings. The first-order chi connectivity index (χ1) is 16.5. The van der Waals surface area contributed by atoms with Crippen molar-refractivity contribution in [1.82, 2.24) is 25.0 Å². The molecule has 1 amide bonds. The van der Waals surface area contributed by atoms with Crippen LogP contribution in [0.2, 0.25) is 5.02 Å². The number of fused-ring (bicyclic) bond motifs is 1. The monoisotopic (exact) mass is 475 g/mol. The van der Waals surface area contributed by atoms with Crippen molar-refractivity contribution in [2.24, 2.45) is 5.92 Å². The highest BCUT2D eigenvalue weighted by Crippen LogP contribution is 2.22. The van der Waals surface area contributed by atoms with Crippen molar-refractivity contribution in [2.75, 3.05) is 13.1 Å². The van der Waals surface area contributed by atoms with Crippen LogP contribution in [-0.2, 0) is 24.4 Å². The minimum absolute atomic E-state index is 0.00256. The second kappa shape index (κ2) is 9.83. The van der Waals surface area contributed by atoms with Crippen molar-refractivity contribution in [3.05, 3.63) is 99.1 Å². The lowest BCUT2D eigenvalue weighted by atomic mass is 10.1. The van der Waals surface area contributed by atoms with Crippen LogP contribution in [0.25, 0.3) is 10.9 Å². The first kappa shape index (κ1) is 22.4. The van der Waals surface area contributed by atoms with Gasteiger partial charge in [0.25, 0.3) is 5.56 Å². The molecule has 3 heterocycles. The summed E-state index contributed by atoms with van der Waals surface area (Å²) in [6, 6.07) is 19.1. The largest absolute Gasteiger partial charge is 0.350 e. The topological polar surface area (TPSA) is 83.0 Å². The van der Waals surface area contributed by atoms with Gasteiger partial charge < -0.3 is 9.88 Å². The second-order valence-electron chi connectivity index (χ2n) is 8.78. The lowest BCUT2D eigenvalue weighted by Gasteiger charge is -2.16. The Balaban J connectivity index is 1.13. The average Bonchev–Trinajstić information content (AvgIpc) is 3.47. The van der Waals surface area contributed by atoms with Gasteiger partial charge in [-0.25, -0.2) is 0 Å². The van der Waals surface area contributed by atoms with E-state index in [4.69, 9.17) is 11.6 Å². The van der Waals surface area contributed by atoms with Crippen LogP contribution in [-0.4, -0.2) is 38.7 Å². The summed E-state index contributed by atoms with van der Waals surface area (Å²) in [7, 11) is 0. The number of rotatable bonds is 7. The normalized spacial score (nSPS) is 16.2. The standard InChI is InChI=1S/C26H26ClN5O2/c27-21-8-9-23-22(13-21)24(30-29-23)14-28-26(34)20-10-12-31(17-20)15-18-4-6-19(7-5-18)16-32-11-2-1-3-25(32)33/h1-9,11,13,20H,10,12,14-17H2,(H,28,34)(H,29,30). The van der Waals surface area contributed by atoms with Crippen molar-refractivity contribution in [2.45, 2.75) is 26.1 Å². The number of carbonyl (C=O) groups is 1. The minimum Gasteiger partial charge on any atom is -0.350 e. The van der Waals surface area contributed by atoms with Crippen LogP contribution in [0.1, 0.15) is 23.2 Å². The number of amides is 1. The van der Waals surface area contributed by atoms with Gasteiger partial charge >= 0.3 is 0 Å². The highest BCUT2D eigenvalue weighted by atomic mass is 35.5. The molecule has 1 aliphatic heterocycles. The number of hydrogen-bond acceptors (Lipinski definition) is 4. The highest BCUT2D eigenvalue weighted by molar-refractivity contribution is 6.31. The predicted molar refractivity (Wildman–Crippen MR) is 133 cm³/mol. The average molecular weight is 476 g/mol. The molecular weight excluding hydrogens is 450 g/mol. The maximum Gasteiger partial charge on any atom is 0.250 e. The van der Waals surface area contributed by atoms with E-state index in [1.807, 2.05) is 24.3 Å². The summed E-state index contributed by atoms with van der Waals surface area (Å²) >= 11 is 6.10. The maximum atomic E-state index is 12.8. The Morgan fingerprint density at radius 2 is 1.88 bits per heavy atom. The molecule has 0 bridgehead atoms. The van der Waals surface area contributed by atoms with Crippen LogP contribution in [0.3, 0.4) is 0 Å². The lowest BCUT2D eigenvalue weighted by molar-refractivity contribution is -0.124. The van der Waals surface area contributed by atoms with Crippen molar-refractivity contribution >= 4 is 28.4 Å². The molecule has 174 valence electrons. The molecule has 4 aromatic rings. The van der Waals surface area contributed by atoms with Crippen LogP contribution < -0.4 is 10.9 Å². The van der Waals surface area contributed by atoms with E-state index in [9.17, 15) is 9.59 Å². The fourth-order valence-electron chi connectivity index (χ4n) is 4.48. The molecule has 0 radical (unpaired) electrons. The van der Waals surface area contributed by atoms with Crippen molar-refractivity contribution in [3.8, 4) is 0 Å². The molecule has 1 fully saturated rings. The Bertz CT molecular complexity index is 1360. The van der Waals surface area contributed by atoms with Gasteiger partial charge in [0.1, 0.15) is 0 Å². The van der Waals surface area contributed by atoms with Crippen molar-refractivity contribution in [3.63, 3.8) is 0 Å². The number of carbonyl (C=O) groups excluding carboxylic acids is 1. The smallest absolute Gasteiger partial charge is 0.250 e. The number of nitrogens with one attached hydrogen (secondary N) is 2. The van der Waals surface area contributed by atoms with Gasteiger partial charge in [0, 0.05) is 35.8 Å². The number of H-pyrrole nitrogens is 1. The Kier molecular flexibility index (Phi) is 6.47. The van der Waals surface area contributed by atoms with E-state index in [0.717, 1.165) is 48.2 Å². The number of hydrogen-bond donors (Lipinski definition) is 2. The third-order valence-corrected chi connectivity index (χ3v) is 6.59. The third-order valence-electron chi connectivity index (χ3n) is 6.36. The Morgan fingerprint density at radius 1 is 1.09 bits per heavy atom. The van der Waals surface area contributed by atoms with Gasteiger partial charge in [-0.1, -0.05) is 41.9 Å². The van der Waals surface area contributed by atoms with E-state index in [1.54, 1.807) is 22.9 Å². The van der Waals surface area contributed by atoms with Gasteiger partial charge in [0.2, 0.25) is 5.91 Å². The molecule has 0 saturated carbocycles. The number of aromatic nitrogens is 3. The molecule has 1 atom stereocenters. The molecule has 34 heavy (non-hydrogen) atoms. The predicted octanol–water partition coefficient (Wildman–Crippen LogP) is 3.56. The van der Waals surface area contributed by atoms with E-state index >= 15 is 0 Å². The van der Waals surface area contributed by atoms with Crippen molar-refractivity contribution < 1.29 is 4.79 Å². The van der Waals surface area contributed by atoms with Gasteiger partial charge in [0.15, 0.2) is 0 Å². The number of benzene rings is 2. The van der Waals surface area contributed by atoms with E-state index in [0.29, 0.717) is 18.1 Å². The van der Waals surface area contributed by atoms with Crippen LogP contribution in [0, 0.1) is 5.92 Å². The Labute approximate surface area is 202 Å². The van der Waals surface area contributed by atoms with Crippen LogP contribution in [0.5, 0.6) is 0 Å². The molecule has 5 rings (SSSR count). The lowest BCUT2D eigenvalue weighted by Crippen LogP contribution is -2.32. The third kappa shape index (κ3) is 5.05. The molecule has 7 nitrogen and oxygen atoms in total. The van der Waals surface area contributed by atoms with Gasteiger partial charge in [-0.05, 0) is 48.4 Å². The van der Waals surface area contributed by atoms with Gasteiger partial charge in [-0.15, -0.1) is 0 Å². The van der Waals surface area contributed by atoms with Gasteiger partial charge in [-0.2, -0.15) is 5.10 Å². The summed E-state index contributed by atoms with van der Waals surface area (Å²) in [5, 5.41) is 11.9. The molecule has 2 N–H and O–H groups in total. The molecule has 1 saturated heterocycles. The Morgan fingerprint density at radius 3 is 2.68 bits per heavy atom. The summed E-state index contributed by atoms with van der Waals surface area (Å²) in [6.07, 6.45) is 2.64. The zero-order chi connectivity index (χ0) is 23.5.